The van der Waals surface area contributed by atoms with E-state index < -0.39 is 21.0 Å². The lowest BCUT2D eigenvalue weighted by molar-refractivity contribution is -0.384. The average Bonchev–Trinajstić information content (AvgIpc) is 3.53. The van der Waals surface area contributed by atoms with Gasteiger partial charge in [0.15, 0.2) is 5.11 Å². The first-order valence-corrected chi connectivity index (χ1v) is 14.4. The predicted octanol–water partition coefficient (Wildman–Crippen LogP) is 5.12. The van der Waals surface area contributed by atoms with Gasteiger partial charge in [-0.1, -0.05) is 6.07 Å². The molecule has 2 aromatic carbocycles. The second-order valence-electron chi connectivity index (χ2n) is 9.21. The average molecular weight is 580 g/mol. The highest BCUT2D eigenvalue weighted by Gasteiger charge is 2.42. The van der Waals surface area contributed by atoms with Crippen molar-refractivity contribution in [3.63, 3.8) is 0 Å². The Morgan fingerprint density at radius 1 is 1.15 bits per heavy atom. The third-order valence-electron chi connectivity index (χ3n) is 6.46. The van der Waals surface area contributed by atoms with Crippen molar-refractivity contribution in [1.82, 2.24) is 10.3 Å². The Labute approximate surface area is 236 Å². The van der Waals surface area contributed by atoms with Crippen LogP contribution in [0.15, 0.2) is 77.3 Å². The van der Waals surface area contributed by atoms with E-state index in [0.29, 0.717) is 39.2 Å². The second kappa shape index (κ2) is 10.6. The van der Waals surface area contributed by atoms with Gasteiger partial charge in [0, 0.05) is 18.0 Å². The summed E-state index contributed by atoms with van der Waals surface area (Å²) >= 11 is 5.77. The first-order chi connectivity index (χ1) is 19.1. The van der Waals surface area contributed by atoms with Crippen molar-refractivity contribution in [2.75, 3.05) is 23.0 Å². The van der Waals surface area contributed by atoms with Crippen molar-refractivity contribution in [2.24, 2.45) is 0 Å². The van der Waals surface area contributed by atoms with E-state index in [9.17, 15) is 18.5 Å². The summed E-state index contributed by atoms with van der Waals surface area (Å²) < 4.78 is 37.9. The highest BCUT2D eigenvalue weighted by atomic mass is 32.2. The minimum absolute atomic E-state index is 0.0942. The van der Waals surface area contributed by atoms with Gasteiger partial charge in [-0.2, -0.15) is 0 Å². The maximum Gasteiger partial charge on any atom is 0.273 e. The lowest BCUT2D eigenvalue weighted by Crippen LogP contribution is -2.29. The van der Waals surface area contributed by atoms with E-state index in [-0.39, 0.29) is 11.7 Å². The summed E-state index contributed by atoms with van der Waals surface area (Å²) in [5, 5.41) is 15.0. The molecule has 1 fully saturated rings. The molecular weight excluding hydrogens is 554 g/mol. The minimum atomic E-state index is -3.45. The number of rotatable bonds is 8. The van der Waals surface area contributed by atoms with E-state index in [4.69, 9.17) is 21.4 Å². The molecule has 2 aromatic heterocycles. The van der Waals surface area contributed by atoms with Crippen molar-refractivity contribution >= 4 is 44.4 Å². The van der Waals surface area contributed by atoms with Crippen LogP contribution in [0.3, 0.4) is 0 Å². The summed E-state index contributed by atoms with van der Waals surface area (Å²) in [7, 11) is -2.01. The summed E-state index contributed by atoms with van der Waals surface area (Å²) in [6, 6.07) is 18.0. The van der Waals surface area contributed by atoms with Gasteiger partial charge in [0.1, 0.15) is 23.3 Å². The molecule has 40 heavy (non-hydrogen) atoms. The zero-order valence-corrected chi connectivity index (χ0v) is 23.3. The fourth-order valence-corrected chi connectivity index (χ4v) is 5.66. The van der Waals surface area contributed by atoms with Gasteiger partial charge in [-0.25, -0.2) is 8.42 Å². The molecule has 0 aliphatic carbocycles. The molecule has 2 atom stereocenters. The molecule has 0 bridgehead atoms. The molecule has 0 saturated carbocycles. The van der Waals surface area contributed by atoms with Crippen LogP contribution in [0.25, 0.3) is 11.3 Å². The standard InChI is InChI=1S/C27H25N5O6S2/c1-16-14-17(8-10-20(16)30-40(3,35)36)31-26(25(29-27(31)39)21-6-4-5-13-28-21)23-12-11-22(38-23)19-9-7-18(32(33)34)15-24(19)37-2/h4-15,25-26,30H,1-3H3,(H,29,39)/t25-,26+/m0/s1. The fourth-order valence-electron chi connectivity index (χ4n) is 4.69. The fraction of sp³-hybridized carbons (Fsp3) is 0.185. The van der Waals surface area contributed by atoms with Crippen LogP contribution in [0.5, 0.6) is 5.75 Å². The number of benzene rings is 2. The largest absolute Gasteiger partial charge is 0.496 e. The van der Waals surface area contributed by atoms with E-state index in [1.165, 1.54) is 19.2 Å². The molecule has 5 rings (SSSR count). The maximum absolute atomic E-state index is 11.8. The molecule has 1 aliphatic heterocycles. The Bertz CT molecular complexity index is 1710. The molecule has 1 saturated heterocycles. The van der Waals surface area contributed by atoms with Crippen LogP contribution in [0.4, 0.5) is 17.1 Å². The zero-order valence-electron chi connectivity index (χ0n) is 21.7. The molecule has 4 aromatic rings. The number of pyridine rings is 1. The molecule has 3 heterocycles. The molecular formula is C27H25N5O6S2. The number of nitro benzene ring substituents is 1. The third kappa shape index (κ3) is 5.33. The first-order valence-electron chi connectivity index (χ1n) is 12.1. The van der Waals surface area contributed by atoms with Crippen LogP contribution in [-0.2, 0) is 10.0 Å². The number of hydrogen-bond acceptors (Lipinski definition) is 8. The van der Waals surface area contributed by atoms with E-state index in [1.807, 2.05) is 35.2 Å². The zero-order chi connectivity index (χ0) is 28.6. The predicted molar refractivity (Wildman–Crippen MR) is 155 cm³/mol. The van der Waals surface area contributed by atoms with Crippen LogP contribution in [0.2, 0.25) is 0 Å². The molecule has 2 N–H and O–H groups in total. The second-order valence-corrected chi connectivity index (χ2v) is 11.3. The first kappa shape index (κ1) is 27.1. The molecule has 206 valence electrons. The van der Waals surface area contributed by atoms with Crippen LogP contribution < -0.4 is 19.7 Å². The summed E-state index contributed by atoms with van der Waals surface area (Å²) in [6.45, 7) is 1.81. The van der Waals surface area contributed by atoms with Crippen LogP contribution in [0.1, 0.15) is 29.1 Å². The van der Waals surface area contributed by atoms with Crippen LogP contribution in [0, 0.1) is 17.0 Å². The number of sulfonamides is 1. The molecule has 13 heteroatoms. The van der Waals surface area contributed by atoms with Crippen molar-refractivity contribution in [1.29, 1.82) is 0 Å². The Morgan fingerprint density at radius 2 is 1.95 bits per heavy atom. The molecule has 0 unspecified atom stereocenters. The van der Waals surface area contributed by atoms with Gasteiger partial charge >= 0.3 is 0 Å². The maximum atomic E-state index is 11.8. The highest BCUT2D eigenvalue weighted by molar-refractivity contribution is 7.92. The van der Waals surface area contributed by atoms with Gasteiger partial charge in [-0.15, -0.1) is 0 Å². The Hall–Kier alpha value is -4.49. The number of thiocarbonyl (C=S) groups is 1. The quantitative estimate of drug-likeness (QED) is 0.164. The van der Waals surface area contributed by atoms with Crippen molar-refractivity contribution in [3.8, 4) is 17.1 Å². The normalized spacial score (nSPS) is 17.0. The molecule has 11 nitrogen and oxygen atoms in total. The molecule has 1 aliphatic rings. The lowest BCUT2D eigenvalue weighted by atomic mass is 10.0. The number of hydrogen-bond donors (Lipinski definition) is 2. The number of aromatic nitrogens is 1. The monoisotopic (exact) mass is 579 g/mol. The Balaban J connectivity index is 1.59. The number of aryl methyl sites for hydroxylation is 1. The number of methoxy groups -OCH3 is 1. The smallest absolute Gasteiger partial charge is 0.273 e. The SMILES string of the molecule is COc1cc([N+](=O)[O-])ccc1-c1ccc([C@@H]2[C@H](c3ccccn3)NC(=S)N2c2ccc(NS(C)(=O)=O)c(C)c2)o1. The molecule has 0 amide bonds. The summed E-state index contributed by atoms with van der Waals surface area (Å²) in [5.74, 6) is 1.33. The van der Waals surface area contributed by atoms with Gasteiger partial charge in [0.2, 0.25) is 10.0 Å². The topological polar surface area (TPSA) is 140 Å². The highest BCUT2D eigenvalue weighted by Crippen LogP contribution is 2.44. The van der Waals surface area contributed by atoms with Gasteiger partial charge < -0.3 is 19.4 Å². The van der Waals surface area contributed by atoms with E-state index in [1.54, 1.807) is 37.4 Å². The van der Waals surface area contributed by atoms with Crippen molar-refractivity contribution < 1.29 is 22.5 Å². The van der Waals surface area contributed by atoms with Crippen LogP contribution in [-0.4, -0.2) is 36.8 Å². The van der Waals surface area contributed by atoms with Gasteiger partial charge in [-0.05, 0) is 73.2 Å². The van der Waals surface area contributed by atoms with Crippen LogP contribution >= 0.6 is 12.2 Å². The van der Waals surface area contributed by atoms with E-state index >= 15 is 0 Å². The van der Waals surface area contributed by atoms with Crippen molar-refractivity contribution in [3.05, 3.63) is 100 Å². The van der Waals surface area contributed by atoms with Crippen molar-refractivity contribution in [2.45, 2.75) is 19.0 Å². The lowest BCUT2D eigenvalue weighted by Gasteiger charge is -2.26. The number of nitro groups is 1. The molecule has 0 spiro atoms. The minimum Gasteiger partial charge on any atom is -0.496 e. The number of ether oxygens (including phenoxy) is 1. The number of nitrogens with zero attached hydrogens (tertiary/aromatic N) is 3. The Morgan fingerprint density at radius 3 is 2.60 bits per heavy atom. The molecule has 0 radical (unpaired) electrons. The number of furan rings is 1. The van der Waals surface area contributed by atoms with Gasteiger partial charge in [0.05, 0.1) is 47.3 Å². The van der Waals surface area contributed by atoms with Gasteiger partial charge in [0.25, 0.3) is 5.69 Å². The number of anilines is 2. The van der Waals surface area contributed by atoms with E-state index in [2.05, 4.69) is 15.0 Å². The summed E-state index contributed by atoms with van der Waals surface area (Å²) in [5.41, 5.74) is 3.11. The Kier molecular flexibility index (Phi) is 7.17. The number of nitrogens with one attached hydrogen (secondary N) is 2. The number of non-ortho nitro benzene ring substituents is 1. The summed E-state index contributed by atoms with van der Waals surface area (Å²) in [4.78, 5) is 17.2. The third-order valence-corrected chi connectivity index (χ3v) is 7.37. The van der Waals surface area contributed by atoms with E-state index in [0.717, 1.165) is 17.6 Å². The van der Waals surface area contributed by atoms with Gasteiger partial charge in [-0.3, -0.25) is 19.8 Å². The summed E-state index contributed by atoms with van der Waals surface area (Å²) in [6.07, 6.45) is 2.80.